The summed E-state index contributed by atoms with van der Waals surface area (Å²) in [6, 6.07) is 17.7. The van der Waals surface area contributed by atoms with Gasteiger partial charge in [0.2, 0.25) is 0 Å². The topological polar surface area (TPSA) is 46.1 Å². The molecule has 1 aliphatic rings. The summed E-state index contributed by atoms with van der Waals surface area (Å²) in [4.78, 5) is 23.7. The van der Waals surface area contributed by atoms with Crippen molar-refractivity contribution >= 4 is 17.5 Å². The van der Waals surface area contributed by atoms with Crippen LogP contribution in [0, 0.1) is 0 Å². The van der Waals surface area contributed by atoms with Gasteiger partial charge in [0.05, 0.1) is 5.56 Å². The minimum Gasteiger partial charge on any atom is -0.338 e. The maximum absolute atomic E-state index is 12.8. The molecule has 4 nitrogen and oxygen atoms in total. The number of halogens is 1. The summed E-state index contributed by atoms with van der Waals surface area (Å²) in [7, 11) is 0. The standard InChI is InChI=1S/C23H22ClN3O/c24-20-10-8-17(9-11-20)14-21-6-1-7-22(26-21)19-5-3-13-27(16-19)23(28)18-4-2-12-25-15-18/h1-2,4,6-12,15,19H,3,5,13-14,16H2. The summed E-state index contributed by atoms with van der Waals surface area (Å²) >= 11 is 5.97. The predicted octanol–water partition coefficient (Wildman–Crippen LogP) is 4.74. The highest BCUT2D eigenvalue weighted by atomic mass is 35.5. The molecule has 0 bridgehead atoms. The molecule has 0 N–H and O–H groups in total. The Balaban J connectivity index is 1.47. The molecule has 1 fully saturated rings. The number of carbonyl (C=O) groups excluding carboxylic acids is 1. The van der Waals surface area contributed by atoms with Crippen molar-refractivity contribution in [3.05, 3.63) is 94.5 Å². The number of nitrogens with zero attached hydrogens (tertiary/aromatic N) is 3. The molecule has 5 heteroatoms. The summed E-state index contributed by atoms with van der Waals surface area (Å²) in [6.45, 7) is 1.49. The van der Waals surface area contributed by atoms with Gasteiger partial charge in [-0.05, 0) is 54.8 Å². The lowest BCUT2D eigenvalue weighted by atomic mass is 9.93. The first kappa shape index (κ1) is 18.6. The Morgan fingerprint density at radius 3 is 2.75 bits per heavy atom. The van der Waals surface area contributed by atoms with Crippen molar-refractivity contribution in [2.24, 2.45) is 0 Å². The molecule has 1 atom stereocenters. The van der Waals surface area contributed by atoms with Crippen LogP contribution in [0.1, 0.15) is 46.1 Å². The highest BCUT2D eigenvalue weighted by Crippen LogP contribution is 2.27. The van der Waals surface area contributed by atoms with Crippen LogP contribution in [0.5, 0.6) is 0 Å². The zero-order valence-electron chi connectivity index (χ0n) is 15.6. The maximum atomic E-state index is 12.8. The number of pyridine rings is 2. The Labute approximate surface area is 170 Å². The average molecular weight is 392 g/mol. The summed E-state index contributed by atoms with van der Waals surface area (Å²) in [6.07, 6.45) is 6.13. The molecule has 1 saturated heterocycles. The van der Waals surface area contributed by atoms with Gasteiger partial charge in [0, 0.05) is 54.2 Å². The number of benzene rings is 1. The molecule has 1 aliphatic heterocycles. The number of piperidine rings is 1. The molecule has 1 aromatic carbocycles. The number of likely N-dealkylation sites (tertiary alicyclic amines) is 1. The number of amides is 1. The van der Waals surface area contributed by atoms with Gasteiger partial charge in [-0.1, -0.05) is 29.8 Å². The highest BCUT2D eigenvalue weighted by molar-refractivity contribution is 6.30. The number of rotatable bonds is 4. The van der Waals surface area contributed by atoms with Crippen molar-refractivity contribution in [2.45, 2.75) is 25.2 Å². The number of aromatic nitrogens is 2. The number of hydrogen-bond acceptors (Lipinski definition) is 3. The van der Waals surface area contributed by atoms with Gasteiger partial charge < -0.3 is 4.90 Å². The number of hydrogen-bond donors (Lipinski definition) is 0. The smallest absolute Gasteiger partial charge is 0.255 e. The van der Waals surface area contributed by atoms with Crippen LogP contribution in [0.15, 0.2) is 67.0 Å². The third-order valence-electron chi connectivity index (χ3n) is 5.16. The van der Waals surface area contributed by atoms with Gasteiger partial charge in [0.1, 0.15) is 0 Å². The largest absolute Gasteiger partial charge is 0.338 e. The fourth-order valence-electron chi connectivity index (χ4n) is 3.71. The highest BCUT2D eigenvalue weighted by Gasteiger charge is 2.26. The zero-order chi connectivity index (χ0) is 19.3. The summed E-state index contributed by atoms with van der Waals surface area (Å²) in [5.74, 6) is 0.314. The molecule has 0 saturated carbocycles. The Bertz CT molecular complexity index is 944. The van der Waals surface area contributed by atoms with E-state index in [9.17, 15) is 4.79 Å². The molecule has 0 radical (unpaired) electrons. The summed E-state index contributed by atoms with van der Waals surface area (Å²) in [5, 5.41) is 0.742. The summed E-state index contributed by atoms with van der Waals surface area (Å²) in [5.41, 5.74) is 3.93. The Morgan fingerprint density at radius 2 is 1.96 bits per heavy atom. The fourth-order valence-corrected chi connectivity index (χ4v) is 3.84. The van der Waals surface area contributed by atoms with E-state index in [2.05, 4.69) is 23.2 Å². The predicted molar refractivity (Wildman–Crippen MR) is 111 cm³/mol. The van der Waals surface area contributed by atoms with E-state index in [1.54, 1.807) is 18.5 Å². The molecule has 3 heterocycles. The first-order chi connectivity index (χ1) is 13.7. The van der Waals surface area contributed by atoms with E-state index in [4.69, 9.17) is 16.6 Å². The molecule has 1 unspecified atom stereocenters. The van der Waals surface area contributed by atoms with E-state index in [1.807, 2.05) is 35.2 Å². The van der Waals surface area contributed by atoms with Gasteiger partial charge in [-0.15, -0.1) is 0 Å². The zero-order valence-corrected chi connectivity index (χ0v) is 16.3. The van der Waals surface area contributed by atoms with Gasteiger partial charge in [0.25, 0.3) is 5.91 Å². The van der Waals surface area contributed by atoms with Gasteiger partial charge in [-0.25, -0.2) is 0 Å². The molecule has 1 amide bonds. The van der Waals surface area contributed by atoms with Gasteiger partial charge >= 0.3 is 0 Å². The van der Waals surface area contributed by atoms with E-state index in [0.717, 1.165) is 42.2 Å². The molecular formula is C23H22ClN3O. The van der Waals surface area contributed by atoms with Crippen molar-refractivity contribution in [3.63, 3.8) is 0 Å². The van der Waals surface area contributed by atoms with Crippen molar-refractivity contribution in [3.8, 4) is 0 Å². The molecule has 0 aliphatic carbocycles. The Kier molecular flexibility index (Phi) is 5.68. The number of carbonyl (C=O) groups is 1. The van der Waals surface area contributed by atoms with Crippen LogP contribution in [0.3, 0.4) is 0 Å². The van der Waals surface area contributed by atoms with Crippen LogP contribution >= 0.6 is 11.6 Å². The van der Waals surface area contributed by atoms with Crippen molar-refractivity contribution in [1.29, 1.82) is 0 Å². The second-order valence-corrected chi connectivity index (χ2v) is 7.63. The Morgan fingerprint density at radius 1 is 1.11 bits per heavy atom. The van der Waals surface area contributed by atoms with Crippen LogP contribution < -0.4 is 0 Å². The second-order valence-electron chi connectivity index (χ2n) is 7.19. The molecular weight excluding hydrogens is 370 g/mol. The first-order valence-electron chi connectivity index (χ1n) is 9.58. The molecule has 3 aromatic rings. The lowest BCUT2D eigenvalue weighted by Crippen LogP contribution is -2.39. The van der Waals surface area contributed by atoms with E-state index in [1.165, 1.54) is 5.56 Å². The van der Waals surface area contributed by atoms with Crippen LogP contribution in [0.2, 0.25) is 5.02 Å². The van der Waals surface area contributed by atoms with Crippen LogP contribution in [-0.2, 0) is 6.42 Å². The van der Waals surface area contributed by atoms with E-state index >= 15 is 0 Å². The quantitative estimate of drug-likeness (QED) is 0.645. The SMILES string of the molecule is O=C(c1cccnc1)N1CCCC(c2cccc(Cc3ccc(Cl)cc3)n2)C1. The molecule has 142 valence electrons. The normalized spacial score (nSPS) is 16.8. The van der Waals surface area contributed by atoms with Gasteiger partial charge in [0.15, 0.2) is 0 Å². The maximum Gasteiger partial charge on any atom is 0.255 e. The van der Waals surface area contributed by atoms with E-state index in [0.29, 0.717) is 12.1 Å². The molecule has 0 spiro atoms. The molecule has 28 heavy (non-hydrogen) atoms. The summed E-state index contributed by atoms with van der Waals surface area (Å²) < 4.78 is 0. The minimum atomic E-state index is 0.0510. The van der Waals surface area contributed by atoms with Crippen molar-refractivity contribution in [1.82, 2.24) is 14.9 Å². The first-order valence-corrected chi connectivity index (χ1v) is 9.96. The third kappa shape index (κ3) is 4.39. The average Bonchev–Trinajstić information content (AvgIpc) is 2.76. The minimum absolute atomic E-state index is 0.0510. The lowest BCUT2D eigenvalue weighted by Gasteiger charge is -2.32. The van der Waals surface area contributed by atoms with Gasteiger partial charge in [-0.2, -0.15) is 0 Å². The van der Waals surface area contributed by atoms with Crippen molar-refractivity contribution in [2.75, 3.05) is 13.1 Å². The van der Waals surface area contributed by atoms with E-state index in [-0.39, 0.29) is 11.8 Å². The van der Waals surface area contributed by atoms with Crippen LogP contribution in [0.25, 0.3) is 0 Å². The van der Waals surface area contributed by atoms with Crippen LogP contribution in [-0.4, -0.2) is 33.9 Å². The molecule has 2 aromatic heterocycles. The molecule has 4 rings (SSSR count). The van der Waals surface area contributed by atoms with Crippen LogP contribution in [0.4, 0.5) is 0 Å². The van der Waals surface area contributed by atoms with Gasteiger partial charge in [-0.3, -0.25) is 14.8 Å². The third-order valence-corrected chi connectivity index (χ3v) is 5.41. The van der Waals surface area contributed by atoms with Crippen molar-refractivity contribution < 1.29 is 4.79 Å². The fraction of sp³-hybridized carbons (Fsp3) is 0.261. The monoisotopic (exact) mass is 391 g/mol. The lowest BCUT2D eigenvalue weighted by molar-refractivity contribution is 0.0705. The Hall–Kier alpha value is -2.72. The second kappa shape index (κ2) is 8.53. The van der Waals surface area contributed by atoms with E-state index < -0.39 is 0 Å².